The molecule has 2 nitrogen and oxygen atoms in total. The lowest BCUT2D eigenvalue weighted by molar-refractivity contribution is 0.413. The van der Waals surface area contributed by atoms with Crippen LogP contribution in [0.15, 0.2) is 60.7 Å². The van der Waals surface area contributed by atoms with Crippen molar-refractivity contribution in [1.29, 1.82) is 0 Å². The van der Waals surface area contributed by atoms with Crippen LogP contribution in [0.5, 0.6) is 5.75 Å². The Hall–Kier alpha value is -2.52. The zero-order chi connectivity index (χ0) is 21.8. The topological polar surface area (TPSA) is 21.3 Å². The molecule has 4 heteroatoms. The molecule has 3 aromatic rings. The van der Waals surface area contributed by atoms with Gasteiger partial charge in [0.15, 0.2) is 0 Å². The quantitative estimate of drug-likeness (QED) is 0.458. The maximum atomic E-state index is 15.2. The number of anilines is 1. The summed E-state index contributed by atoms with van der Waals surface area (Å²) in [5.74, 6) is 0.216. The maximum absolute atomic E-state index is 15.2. The molecule has 0 bridgehead atoms. The van der Waals surface area contributed by atoms with Crippen LogP contribution in [0.1, 0.15) is 38.8 Å². The van der Waals surface area contributed by atoms with Gasteiger partial charge < -0.3 is 10.1 Å². The van der Waals surface area contributed by atoms with Crippen LogP contribution in [0.4, 0.5) is 10.1 Å². The van der Waals surface area contributed by atoms with E-state index >= 15 is 4.39 Å². The van der Waals surface area contributed by atoms with E-state index in [9.17, 15) is 0 Å². The molecule has 0 aliphatic rings. The van der Waals surface area contributed by atoms with Crippen molar-refractivity contribution in [2.45, 2.75) is 34.1 Å². The van der Waals surface area contributed by atoms with Gasteiger partial charge in [0.25, 0.3) is 0 Å². The van der Waals surface area contributed by atoms with Crippen molar-refractivity contribution in [2.24, 2.45) is 0 Å². The number of ether oxygens (including phenoxy) is 1. The molecule has 0 atom stereocenters. The molecule has 1 N–H and O–H groups in total. The highest BCUT2D eigenvalue weighted by Crippen LogP contribution is 2.36. The number of rotatable bonds is 5. The lowest BCUT2D eigenvalue weighted by Gasteiger charge is -2.14. The molecule has 156 valence electrons. The third-order valence-electron chi connectivity index (χ3n) is 4.15. The highest BCUT2D eigenvalue weighted by molar-refractivity contribution is 6.30. The van der Waals surface area contributed by atoms with E-state index in [4.69, 9.17) is 16.3 Å². The van der Waals surface area contributed by atoms with E-state index in [1.54, 1.807) is 37.4 Å². The summed E-state index contributed by atoms with van der Waals surface area (Å²) in [4.78, 5) is 0. The van der Waals surface area contributed by atoms with Crippen molar-refractivity contribution in [3.63, 3.8) is 0 Å². The fourth-order valence-corrected chi connectivity index (χ4v) is 3.02. The number of methoxy groups -OCH3 is 1. The van der Waals surface area contributed by atoms with E-state index in [1.807, 2.05) is 65.1 Å². The van der Waals surface area contributed by atoms with Gasteiger partial charge in [-0.05, 0) is 47.0 Å². The standard InChI is InChI=1S/C21H19ClFNO.2C2H6/c1-24-18-9-6-14(7-10-18)12-16-8-11-19(25-2)20(21(16)23)15-4-3-5-17(22)13-15;2*1-2/h3-11,13,24H,12H2,1-2H3;2*1-2H3. The van der Waals surface area contributed by atoms with Gasteiger partial charge in [-0.25, -0.2) is 4.39 Å². The Balaban J connectivity index is 0.000000989. The monoisotopic (exact) mass is 415 g/mol. The van der Waals surface area contributed by atoms with Gasteiger partial charge in [-0.15, -0.1) is 0 Å². The lowest BCUT2D eigenvalue weighted by Crippen LogP contribution is -1.99. The van der Waals surface area contributed by atoms with Crippen molar-refractivity contribution in [2.75, 3.05) is 19.5 Å². The van der Waals surface area contributed by atoms with E-state index in [2.05, 4.69) is 5.32 Å². The summed E-state index contributed by atoms with van der Waals surface area (Å²) in [6.07, 6.45) is 0.507. The molecule has 0 unspecified atom stereocenters. The van der Waals surface area contributed by atoms with Gasteiger partial charge in [-0.2, -0.15) is 0 Å². The van der Waals surface area contributed by atoms with E-state index < -0.39 is 0 Å². The second-order valence-corrected chi connectivity index (χ2v) is 6.19. The Morgan fingerprint density at radius 3 is 2.14 bits per heavy atom. The van der Waals surface area contributed by atoms with Gasteiger partial charge >= 0.3 is 0 Å². The molecule has 0 amide bonds. The molecule has 0 aliphatic heterocycles. The highest BCUT2D eigenvalue weighted by atomic mass is 35.5. The van der Waals surface area contributed by atoms with Crippen molar-refractivity contribution >= 4 is 17.3 Å². The highest BCUT2D eigenvalue weighted by Gasteiger charge is 2.16. The predicted octanol–water partition coefficient (Wildman–Crippen LogP) is 7.84. The summed E-state index contributed by atoms with van der Waals surface area (Å²) in [7, 11) is 3.41. The molecule has 0 aliphatic carbocycles. The normalized spacial score (nSPS) is 9.52. The molecule has 3 aromatic carbocycles. The summed E-state index contributed by atoms with van der Waals surface area (Å²) >= 11 is 6.07. The lowest BCUT2D eigenvalue weighted by atomic mass is 9.97. The van der Waals surface area contributed by atoms with Gasteiger partial charge in [-0.3, -0.25) is 0 Å². The largest absolute Gasteiger partial charge is 0.496 e. The Kier molecular flexibility index (Phi) is 10.9. The molecule has 0 saturated carbocycles. The van der Waals surface area contributed by atoms with Crippen LogP contribution in [0.3, 0.4) is 0 Å². The molecule has 0 radical (unpaired) electrons. The van der Waals surface area contributed by atoms with Crippen LogP contribution in [0.25, 0.3) is 11.1 Å². The first-order valence-corrected chi connectivity index (χ1v) is 10.4. The van der Waals surface area contributed by atoms with E-state index in [1.165, 1.54) is 0 Å². The zero-order valence-electron chi connectivity index (χ0n) is 18.1. The van der Waals surface area contributed by atoms with E-state index in [0.717, 1.165) is 11.3 Å². The van der Waals surface area contributed by atoms with Gasteiger partial charge in [0, 0.05) is 24.2 Å². The zero-order valence-corrected chi connectivity index (χ0v) is 18.9. The molecule has 29 heavy (non-hydrogen) atoms. The molecule has 0 saturated heterocycles. The molecule has 0 spiro atoms. The Labute approximate surface area is 179 Å². The number of nitrogens with one attached hydrogen (secondary N) is 1. The fraction of sp³-hybridized carbons (Fsp3) is 0.280. The maximum Gasteiger partial charge on any atom is 0.138 e. The second kappa shape index (κ2) is 12.8. The predicted molar refractivity (Wildman–Crippen MR) is 125 cm³/mol. The van der Waals surface area contributed by atoms with E-state index in [0.29, 0.717) is 33.9 Å². The molecule has 0 fully saturated rings. The molecular formula is C25H31ClFNO. The first-order chi connectivity index (χ1) is 14.1. The first kappa shape index (κ1) is 24.5. The molecular weight excluding hydrogens is 385 g/mol. The summed E-state index contributed by atoms with van der Waals surface area (Å²) in [6.45, 7) is 8.00. The van der Waals surface area contributed by atoms with Gasteiger partial charge in [-0.1, -0.05) is 69.6 Å². The number of benzene rings is 3. The summed E-state index contributed by atoms with van der Waals surface area (Å²) < 4.78 is 20.6. The number of hydrogen-bond acceptors (Lipinski definition) is 2. The third-order valence-corrected chi connectivity index (χ3v) is 4.39. The fourth-order valence-electron chi connectivity index (χ4n) is 2.83. The van der Waals surface area contributed by atoms with Crippen LogP contribution in [-0.4, -0.2) is 14.2 Å². The molecule has 3 rings (SSSR count). The third kappa shape index (κ3) is 6.50. The summed E-state index contributed by atoms with van der Waals surface area (Å²) in [5, 5.41) is 3.64. The Morgan fingerprint density at radius 1 is 0.931 bits per heavy atom. The minimum absolute atomic E-state index is 0.278. The van der Waals surface area contributed by atoms with Gasteiger partial charge in [0.05, 0.1) is 12.7 Å². The van der Waals surface area contributed by atoms with Crippen LogP contribution < -0.4 is 10.1 Å². The number of halogens is 2. The SMILES string of the molecule is CC.CC.CNc1ccc(Cc2ccc(OC)c(-c3cccc(Cl)c3)c2F)cc1. The number of hydrogen-bond donors (Lipinski definition) is 1. The van der Waals surface area contributed by atoms with E-state index in [-0.39, 0.29) is 5.82 Å². The van der Waals surface area contributed by atoms with Gasteiger partial charge in [0.1, 0.15) is 11.6 Å². The van der Waals surface area contributed by atoms with Crippen LogP contribution in [0.2, 0.25) is 5.02 Å². The van der Waals surface area contributed by atoms with Crippen molar-refractivity contribution in [1.82, 2.24) is 0 Å². The van der Waals surface area contributed by atoms with Crippen LogP contribution in [0, 0.1) is 5.82 Å². The molecule has 0 heterocycles. The molecule has 0 aromatic heterocycles. The first-order valence-electron chi connectivity index (χ1n) is 10.0. The summed E-state index contributed by atoms with van der Waals surface area (Å²) in [5.41, 5.74) is 3.83. The van der Waals surface area contributed by atoms with Crippen molar-refractivity contribution in [3.8, 4) is 16.9 Å². The van der Waals surface area contributed by atoms with Gasteiger partial charge in [0.2, 0.25) is 0 Å². The van der Waals surface area contributed by atoms with Crippen LogP contribution in [-0.2, 0) is 6.42 Å². The Bertz CT molecular complexity index is 878. The minimum atomic E-state index is -0.278. The Morgan fingerprint density at radius 2 is 1.59 bits per heavy atom. The summed E-state index contributed by atoms with van der Waals surface area (Å²) in [6, 6.07) is 18.7. The van der Waals surface area contributed by atoms with Crippen LogP contribution >= 0.6 is 11.6 Å². The smallest absolute Gasteiger partial charge is 0.138 e. The minimum Gasteiger partial charge on any atom is -0.496 e. The average molecular weight is 416 g/mol. The van der Waals surface area contributed by atoms with Crippen molar-refractivity contribution < 1.29 is 9.13 Å². The second-order valence-electron chi connectivity index (χ2n) is 5.75. The van der Waals surface area contributed by atoms with Crippen molar-refractivity contribution in [3.05, 3.63) is 82.6 Å². The average Bonchev–Trinajstić information content (AvgIpc) is 2.78.